The highest BCUT2D eigenvalue weighted by atomic mass is 79.9. The standard InChI is InChI=1S/C18H19BrFN/c1-12-2-7-18(20)16(10-12)15-8-9-21-11-17(15)13-3-5-14(19)6-4-13/h2-7,10,15,17,21H,8-9,11H2,1H3. The molecule has 21 heavy (non-hydrogen) atoms. The lowest BCUT2D eigenvalue weighted by Crippen LogP contribution is -2.34. The van der Waals surface area contributed by atoms with E-state index in [1.807, 2.05) is 19.1 Å². The van der Waals surface area contributed by atoms with E-state index in [9.17, 15) is 4.39 Å². The van der Waals surface area contributed by atoms with Crippen molar-refractivity contribution in [2.75, 3.05) is 13.1 Å². The molecule has 1 N–H and O–H groups in total. The summed E-state index contributed by atoms with van der Waals surface area (Å²) in [6.07, 6.45) is 0.973. The van der Waals surface area contributed by atoms with Gasteiger partial charge in [0.15, 0.2) is 0 Å². The third kappa shape index (κ3) is 3.19. The molecule has 1 fully saturated rings. The summed E-state index contributed by atoms with van der Waals surface area (Å²) in [5.41, 5.74) is 3.26. The van der Waals surface area contributed by atoms with Gasteiger partial charge in [-0.2, -0.15) is 0 Å². The Balaban J connectivity index is 1.98. The number of hydrogen-bond donors (Lipinski definition) is 1. The van der Waals surface area contributed by atoms with E-state index in [1.54, 1.807) is 6.07 Å². The number of benzene rings is 2. The third-order valence-electron chi connectivity index (χ3n) is 4.33. The van der Waals surface area contributed by atoms with Crippen LogP contribution in [0.15, 0.2) is 46.9 Å². The molecule has 0 aliphatic carbocycles. The number of aryl methyl sites for hydroxylation is 1. The monoisotopic (exact) mass is 347 g/mol. The van der Waals surface area contributed by atoms with Crippen LogP contribution in [0.25, 0.3) is 0 Å². The van der Waals surface area contributed by atoms with Gasteiger partial charge in [-0.1, -0.05) is 45.8 Å². The summed E-state index contributed by atoms with van der Waals surface area (Å²) in [6, 6.07) is 13.9. The molecule has 2 aromatic carbocycles. The number of nitrogens with one attached hydrogen (secondary N) is 1. The molecule has 1 nitrogen and oxygen atoms in total. The molecule has 3 rings (SSSR count). The molecule has 0 spiro atoms. The van der Waals surface area contributed by atoms with E-state index >= 15 is 0 Å². The predicted octanol–water partition coefficient (Wildman–Crippen LogP) is 4.76. The first-order chi connectivity index (χ1) is 10.1. The molecule has 1 heterocycles. The number of hydrogen-bond acceptors (Lipinski definition) is 1. The van der Waals surface area contributed by atoms with E-state index in [-0.39, 0.29) is 11.7 Å². The Kier molecular flexibility index (Phi) is 4.41. The van der Waals surface area contributed by atoms with Crippen molar-refractivity contribution in [2.45, 2.75) is 25.2 Å². The van der Waals surface area contributed by atoms with Gasteiger partial charge >= 0.3 is 0 Å². The van der Waals surface area contributed by atoms with Crippen LogP contribution in [0, 0.1) is 12.7 Å². The van der Waals surface area contributed by atoms with Crippen molar-refractivity contribution in [3.8, 4) is 0 Å². The largest absolute Gasteiger partial charge is 0.316 e. The van der Waals surface area contributed by atoms with Crippen molar-refractivity contribution < 1.29 is 4.39 Å². The Morgan fingerprint density at radius 1 is 1.10 bits per heavy atom. The average molecular weight is 348 g/mol. The van der Waals surface area contributed by atoms with Crippen molar-refractivity contribution in [1.82, 2.24) is 5.32 Å². The Morgan fingerprint density at radius 3 is 2.62 bits per heavy atom. The summed E-state index contributed by atoms with van der Waals surface area (Å²) in [5.74, 6) is 0.491. The van der Waals surface area contributed by atoms with Gasteiger partial charge in [0, 0.05) is 16.9 Å². The van der Waals surface area contributed by atoms with Crippen molar-refractivity contribution in [1.29, 1.82) is 0 Å². The van der Waals surface area contributed by atoms with Gasteiger partial charge in [-0.25, -0.2) is 4.39 Å². The molecule has 0 aromatic heterocycles. The fourth-order valence-electron chi connectivity index (χ4n) is 3.24. The SMILES string of the molecule is Cc1ccc(F)c(C2CCNCC2c2ccc(Br)cc2)c1. The molecule has 2 aromatic rings. The Bertz CT molecular complexity index is 624. The predicted molar refractivity (Wildman–Crippen MR) is 88.2 cm³/mol. The second-order valence-corrected chi connectivity index (χ2v) is 6.70. The second-order valence-electron chi connectivity index (χ2n) is 5.78. The van der Waals surface area contributed by atoms with Gasteiger partial charge in [0.2, 0.25) is 0 Å². The maximum Gasteiger partial charge on any atom is 0.126 e. The van der Waals surface area contributed by atoms with Gasteiger partial charge in [0.1, 0.15) is 5.82 Å². The van der Waals surface area contributed by atoms with Crippen LogP contribution in [0.2, 0.25) is 0 Å². The molecular weight excluding hydrogens is 329 g/mol. The van der Waals surface area contributed by atoms with Crippen molar-refractivity contribution in [2.24, 2.45) is 0 Å². The van der Waals surface area contributed by atoms with Gasteiger partial charge in [-0.05, 0) is 55.1 Å². The van der Waals surface area contributed by atoms with Crippen molar-refractivity contribution >= 4 is 15.9 Å². The molecule has 0 radical (unpaired) electrons. The zero-order valence-corrected chi connectivity index (χ0v) is 13.7. The zero-order valence-electron chi connectivity index (χ0n) is 12.1. The van der Waals surface area contributed by atoms with Crippen LogP contribution in [0.3, 0.4) is 0 Å². The highest BCUT2D eigenvalue weighted by Crippen LogP contribution is 2.38. The van der Waals surface area contributed by atoms with Crippen LogP contribution in [0.1, 0.15) is 34.9 Å². The first-order valence-electron chi connectivity index (χ1n) is 7.37. The van der Waals surface area contributed by atoms with E-state index in [1.165, 1.54) is 5.56 Å². The molecule has 0 saturated carbocycles. The van der Waals surface area contributed by atoms with Crippen LogP contribution in [0.4, 0.5) is 4.39 Å². The van der Waals surface area contributed by atoms with E-state index in [0.29, 0.717) is 5.92 Å². The average Bonchev–Trinajstić information content (AvgIpc) is 2.51. The lowest BCUT2D eigenvalue weighted by atomic mass is 9.77. The lowest BCUT2D eigenvalue weighted by molar-refractivity contribution is 0.393. The summed E-state index contributed by atoms with van der Waals surface area (Å²) in [5, 5.41) is 3.45. The summed E-state index contributed by atoms with van der Waals surface area (Å²) in [6.45, 7) is 3.88. The fraction of sp³-hybridized carbons (Fsp3) is 0.333. The topological polar surface area (TPSA) is 12.0 Å². The molecule has 1 saturated heterocycles. The first kappa shape index (κ1) is 14.7. The van der Waals surface area contributed by atoms with Crippen molar-refractivity contribution in [3.63, 3.8) is 0 Å². The Morgan fingerprint density at radius 2 is 1.86 bits per heavy atom. The van der Waals surface area contributed by atoms with Crippen LogP contribution in [0.5, 0.6) is 0 Å². The summed E-state index contributed by atoms with van der Waals surface area (Å²) < 4.78 is 15.4. The highest BCUT2D eigenvalue weighted by Gasteiger charge is 2.29. The zero-order chi connectivity index (χ0) is 14.8. The summed E-state index contributed by atoms with van der Waals surface area (Å²) in [4.78, 5) is 0. The minimum absolute atomic E-state index is 0.0744. The minimum Gasteiger partial charge on any atom is -0.316 e. The maximum atomic E-state index is 14.3. The Labute approximate surface area is 133 Å². The quantitative estimate of drug-likeness (QED) is 0.825. The third-order valence-corrected chi connectivity index (χ3v) is 4.86. The van der Waals surface area contributed by atoms with Gasteiger partial charge in [0.05, 0.1) is 0 Å². The second kappa shape index (κ2) is 6.29. The number of piperidine rings is 1. The summed E-state index contributed by atoms with van der Waals surface area (Å²) in [7, 11) is 0. The summed E-state index contributed by atoms with van der Waals surface area (Å²) >= 11 is 3.48. The molecule has 0 bridgehead atoms. The van der Waals surface area contributed by atoms with E-state index in [4.69, 9.17) is 0 Å². The van der Waals surface area contributed by atoms with Gasteiger partial charge in [-0.3, -0.25) is 0 Å². The lowest BCUT2D eigenvalue weighted by Gasteiger charge is -2.33. The van der Waals surface area contributed by atoms with Crippen LogP contribution < -0.4 is 5.32 Å². The number of rotatable bonds is 2. The van der Waals surface area contributed by atoms with Crippen LogP contribution in [-0.4, -0.2) is 13.1 Å². The maximum absolute atomic E-state index is 14.3. The van der Waals surface area contributed by atoms with E-state index in [0.717, 1.165) is 35.1 Å². The fourth-order valence-corrected chi connectivity index (χ4v) is 3.50. The van der Waals surface area contributed by atoms with Crippen molar-refractivity contribution in [3.05, 3.63) is 69.4 Å². The van der Waals surface area contributed by atoms with Crippen LogP contribution in [-0.2, 0) is 0 Å². The molecule has 1 aliphatic heterocycles. The van der Waals surface area contributed by atoms with Crippen LogP contribution >= 0.6 is 15.9 Å². The van der Waals surface area contributed by atoms with E-state index in [2.05, 4.69) is 45.5 Å². The molecule has 3 heteroatoms. The number of halogens is 2. The van der Waals surface area contributed by atoms with Gasteiger partial charge in [0.25, 0.3) is 0 Å². The molecular formula is C18H19BrFN. The van der Waals surface area contributed by atoms with E-state index < -0.39 is 0 Å². The molecule has 1 aliphatic rings. The molecule has 2 atom stereocenters. The molecule has 2 unspecified atom stereocenters. The highest BCUT2D eigenvalue weighted by molar-refractivity contribution is 9.10. The molecule has 110 valence electrons. The Hall–Kier alpha value is -1.19. The van der Waals surface area contributed by atoms with Gasteiger partial charge < -0.3 is 5.32 Å². The normalized spacial score (nSPS) is 22.2. The first-order valence-corrected chi connectivity index (χ1v) is 8.16. The van der Waals surface area contributed by atoms with Gasteiger partial charge in [-0.15, -0.1) is 0 Å². The smallest absolute Gasteiger partial charge is 0.126 e. The minimum atomic E-state index is -0.0744. The molecule has 0 amide bonds.